The van der Waals surface area contributed by atoms with Gasteiger partial charge in [-0.1, -0.05) is 13.8 Å². The van der Waals surface area contributed by atoms with Gasteiger partial charge in [-0.3, -0.25) is 4.79 Å². The first-order valence-electron chi connectivity index (χ1n) is 4.67. The number of aliphatic carboxylic acids is 1. The molecule has 78 valence electrons. The van der Waals surface area contributed by atoms with Crippen molar-refractivity contribution >= 4 is 5.97 Å². The summed E-state index contributed by atoms with van der Waals surface area (Å²) in [6, 6.07) is 0. The highest BCUT2D eigenvalue weighted by atomic mass is 16.4. The molecule has 1 unspecified atom stereocenters. The topological polar surface area (TPSA) is 76.2 Å². The lowest BCUT2D eigenvalue weighted by molar-refractivity contribution is -0.137. The van der Waals surface area contributed by atoms with Crippen molar-refractivity contribution < 1.29 is 14.3 Å². The van der Waals surface area contributed by atoms with Crippen LogP contribution in [0.3, 0.4) is 0 Å². The van der Waals surface area contributed by atoms with E-state index in [1.165, 1.54) is 0 Å². The first-order valence-corrected chi connectivity index (χ1v) is 4.67. The molecule has 0 saturated heterocycles. The molecule has 1 atom stereocenters. The number of carboxylic acid groups (broad SMARTS) is 1. The van der Waals surface area contributed by atoms with Crippen molar-refractivity contribution in [2.75, 3.05) is 0 Å². The summed E-state index contributed by atoms with van der Waals surface area (Å²) in [5.41, 5.74) is 0. The Morgan fingerprint density at radius 3 is 2.86 bits per heavy atom. The Kier molecular flexibility index (Phi) is 3.62. The van der Waals surface area contributed by atoms with Gasteiger partial charge in [-0.05, 0) is 6.42 Å². The Balaban J connectivity index is 2.54. The highest BCUT2D eigenvalue weighted by Crippen LogP contribution is 2.16. The smallest absolute Gasteiger partial charge is 0.303 e. The normalized spacial score (nSPS) is 12.7. The maximum absolute atomic E-state index is 10.3. The summed E-state index contributed by atoms with van der Waals surface area (Å²) in [5, 5.41) is 16.1. The van der Waals surface area contributed by atoms with Gasteiger partial charge in [0.25, 0.3) is 0 Å². The number of aromatic nitrogens is 2. The average Bonchev–Trinajstić information content (AvgIpc) is 2.62. The zero-order chi connectivity index (χ0) is 10.6. The summed E-state index contributed by atoms with van der Waals surface area (Å²) >= 11 is 0. The molecule has 0 aromatic carbocycles. The van der Waals surface area contributed by atoms with Gasteiger partial charge < -0.3 is 9.52 Å². The Morgan fingerprint density at radius 2 is 2.29 bits per heavy atom. The predicted octanol–water partition coefficient (Wildman–Crippen LogP) is 1.60. The van der Waals surface area contributed by atoms with E-state index >= 15 is 0 Å². The van der Waals surface area contributed by atoms with Crippen LogP contribution in [-0.2, 0) is 11.2 Å². The minimum absolute atomic E-state index is 0.0299. The van der Waals surface area contributed by atoms with Crippen molar-refractivity contribution in [2.24, 2.45) is 0 Å². The molecule has 5 nitrogen and oxygen atoms in total. The van der Waals surface area contributed by atoms with Gasteiger partial charge in [-0.2, -0.15) is 0 Å². The number of carbonyl (C=O) groups is 1. The van der Waals surface area contributed by atoms with Gasteiger partial charge in [0.15, 0.2) is 0 Å². The number of rotatable bonds is 5. The van der Waals surface area contributed by atoms with E-state index in [0.29, 0.717) is 18.2 Å². The number of hydrogen-bond donors (Lipinski definition) is 1. The summed E-state index contributed by atoms with van der Waals surface area (Å²) in [6.45, 7) is 4.03. The third-order valence-electron chi connectivity index (χ3n) is 2.07. The van der Waals surface area contributed by atoms with E-state index in [0.717, 1.165) is 6.42 Å². The first-order chi connectivity index (χ1) is 6.63. The van der Waals surface area contributed by atoms with E-state index in [1.807, 2.05) is 13.8 Å². The van der Waals surface area contributed by atoms with Crippen LogP contribution in [0.1, 0.15) is 44.4 Å². The predicted molar refractivity (Wildman–Crippen MR) is 49.0 cm³/mol. The van der Waals surface area contributed by atoms with Crippen molar-refractivity contribution in [3.8, 4) is 0 Å². The van der Waals surface area contributed by atoms with E-state index in [4.69, 9.17) is 9.52 Å². The first kappa shape index (κ1) is 10.7. The highest BCUT2D eigenvalue weighted by molar-refractivity contribution is 5.66. The van der Waals surface area contributed by atoms with Crippen LogP contribution in [0.5, 0.6) is 0 Å². The molecule has 0 amide bonds. The summed E-state index contributed by atoms with van der Waals surface area (Å²) in [4.78, 5) is 10.3. The molecule has 0 radical (unpaired) electrons. The molecule has 0 aliphatic rings. The van der Waals surface area contributed by atoms with Crippen LogP contribution in [-0.4, -0.2) is 21.3 Å². The third-order valence-corrected chi connectivity index (χ3v) is 2.07. The van der Waals surface area contributed by atoms with E-state index in [-0.39, 0.29) is 12.3 Å². The molecule has 0 aliphatic heterocycles. The fraction of sp³-hybridized carbons (Fsp3) is 0.667. The molecule has 14 heavy (non-hydrogen) atoms. The second-order valence-corrected chi connectivity index (χ2v) is 3.24. The largest absolute Gasteiger partial charge is 0.481 e. The molecule has 0 fully saturated rings. The Hall–Kier alpha value is -1.39. The third kappa shape index (κ3) is 2.83. The quantitative estimate of drug-likeness (QED) is 0.777. The summed E-state index contributed by atoms with van der Waals surface area (Å²) < 4.78 is 5.30. The summed E-state index contributed by atoms with van der Waals surface area (Å²) in [5.74, 6) is 0.380. The lowest BCUT2D eigenvalue weighted by Gasteiger charge is -1.99. The second-order valence-electron chi connectivity index (χ2n) is 3.24. The van der Waals surface area contributed by atoms with Gasteiger partial charge in [0, 0.05) is 12.3 Å². The highest BCUT2D eigenvalue weighted by Gasteiger charge is 2.12. The van der Waals surface area contributed by atoms with E-state index in [2.05, 4.69) is 10.2 Å². The minimum Gasteiger partial charge on any atom is -0.481 e. The Bertz CT molecular complexity index is 309. The van der Waals surface area contributed by atoms with Gasteiger partial charge >= 0.3 is 5.97 Å². The molecule has 1 heterocycles. The van der Waals surface area contributed by atoms with E-state index in [1.54, 1.807) is 0 Å². The van der Waals surface area contributed by atoms with Crippen LogP contribution >= 0.6 is 0 Å². The zero-order valence-corrected chi connectivity index (χ0v) is 8.36. The number of hydrogen-bond acceptors (Lipinski definition) is 4. The van der Waals surface area contributed by atoms with Gasteiger partial charge in [0.1, 0.15) is 0 Å². The minimum atomic E-state index is -0.853. The van der Waals surface area contributed by atoms with Crippen LogP contribution in [0.15, 0.2) is 4.42 Å². The van der Waals surface area contributed by atoms with Crippen molar-refractivity contribution in [3.05, 3.63) is 11.8 Å². The fourth-order valence-corrected chi connectivity index (χ4v) is 0.955. The lowest BCUT2D eigenvalue weighted by atomic mass is 10.1. The SMILES string of the molecule is CCC(C)c1nnc(CCC(=O)O)o1. The molecule has 1 N–H and O–H groups in total. The Labute approximate surface area is 82.1 Å². The van der Waals surface area contributed by atoms with Crippen molar-refractivity contribution in [1.29, 1.82) is 0 Å². The molecule has 5 heteroatoms. The van der Waals surface area contributed by atoms with Crippen LogP contribution in [0.25, 0.3) is 0 Å². The van der Waals surface area contributed by atoms with Crippen molar-refractivity contribution in [1.82, 2.24) is 10.2 Å². The molecule has 0 spiro atoms. The van der Waals surface area contributed by atoms with Crippen LogP contribution in [0.2, 0.25) is 0 Å². The van der Waals surface area contributed by atoms with E-state index < -0.39 is 5.97 Å². The van der Waals surface area contributed by atoms with Crippen molar-refractivity contribution in [2.45, 2.75) is 39.0 Å². The molecule has 1 aromatic heterocycles. The van der Waals surface area contributed by atoms with Gasteiger partial charge in [-0.25, -0.2) is 0 Å². The summed E-state index contributed by atoms with van der Waals surface area (Å²) in [7, 11) is 0. The summed E-state index contributed by atoms with van der Waals surface area (Å²) in [6.07, 6.45) is 1.27. The molecule has 0 saturated carbocycles. The van der Waals surface area contributed by atoms with Crippen LogP contribution < -0.4 is 0 Å². The molecular formula is C9H14N2O3. The monoisotopic (exact) mass is 198 g/mol. The maximum Gasteiger partial charge on any atom is 0.303 e. The van der Waals surface area contributed by atoms with Crippen LogP contribution in [0, 0.1) is 0 Å². The number of nitrogens with zero attached hydrogens (tertiary/aromatic N) is 2. The van der Waals surface area contributed by atoms with Gasteiger partial charge in [-0.15, -0.1) is 10.2 Å². The van der Waals surface area contributed by atoms with E-state index in [9.17, 15) is 4.79 Å². The van der Waals surface area contributed by atoms with Gasteiger partial charge in [0.05, 0.1) is 6.42 Å². The maximum atomic E-state index is 10.3. The second kappa shape index (κ2) is 4.74. The molecule has 1 aromatic rings. The Morgan fingerprint density at radius 1 is 1.57 bits per heavy atom. The fourth-order valence-electron chi connectivity index (χ4n) is 0.955. The molecule has 1 rings (SSSR count). The number of aryl methyl sites for hydroxylation is 1. The molecule has 0 bridgehead atoms. The average molecular weight is 198 g/mol. The lowest BCUT2D eigenvalue weighted by Crippen LogP contribution is -1.97. The number of carboxylic acids is 1. The molecular weight excluding hydrogens is 184 g/mol. The van der Waals surface area contributed by atoms with Gasteiger partial charge in [0.2, 0.25) is 11.8 Å². The van der Waals surface area contributed by atoms with Crippen molar-refractivity contribution in [3.63, 3.8) is 0 Å². The van der Waals surface area contributed by atoms with Crippen LogP contribution in [0.4, 0.5) is 0 Å². The molecule has 0 aliphatic carbocycles. The zero-order valence-electron chi connectivity index (χ0n) is 8.36. The standard InChI is InChI=1S/C9H14N2O3/c1-3-6(2)9-11-10-7(14-9)4-5-8(12)13/h6H,3-5H2,1-2H3,(H,12,13).